The number of nitrogens with one attached hydrogen (secondary N) is 3. The number of unbranched alkanes of at least 4 members (excludes halogenated alkanes) is 1. The molecule has 0 fully saturated rings. The number of carboxylic acids is 2. The van der Waals surface area contributed by atoms with E-state index < -0.39 is 47.8 Å². The van der Waals surface area contributed by atoms with Gasteiger partial charge in [-0.1, -0.05) is 24.3 Å². The maximum Gasteiger partial charge on any atom is 0.407 e. The molecule has 188 valence electrons. The van der Waals surface area contributed by atoms with Gasteiger partial charge in [-0.3, -0.25) is 25.0 Å². The Hall–Kier alpha value is -2.98. The van der Waals surface area contributed by atoms with Crippen molar-refractivity contribution in [1.29, 1.82) is 0 Å². The standard InChI is InChI=1S/C24H35N3O7/c1-14(20(28)19-16-10-6-5-9-15(16)13-18(27-19)22(31)32)26-17(21(29)30)11-7-8-12-25-23(33)34-24(2,3)4/h5-6,9-10,14,17-19,26-27H,7-8,11-13H2,1-4H3,(H,25,33)(H,29,30)(H,31,32)/t14-,17?,18?,19?/m0/s1. The van der Waals surface area contributed by atoms with Crippen LogP contribution in [0, 0.1) is 0 Å². The molecule has 10 nitrogen and oxygen atoms in total. The number of aliphatic carboxylic acids is 2. The van der Waals surface area contributed by atoms with Gasteiger partial charge >= 0.3 is 18.0 Å². The number of hydrogen-bond acceptors (Lipinski definition) is 7. The van der Waals surface area contributed by atoms with Crippen LogP contribution >= 0.6 is 0 Å². The van der Waals surface area contributed by atoms with E-state index in [9.17, 15) is 29.4 Å². The maximum absolute atomic E-state index is 13.2. The zero-order valence-electron chi connectivity index (χ0n) is 20.1. The quantitative estimate of drug-likeness (QED) is 0.301. The minimum absolute atomic E-state index is 0.259. The van der Waals surface area contributed by atoms with Crippen LogP contribution in [0.2, 0.25) is 0 Å². The highest BCUT2D eigenvalue weighted by Gasteiger charge is 2.36. The summed E-state index contributed by atoms with van der Waals surface area (Å²) in [7, 11) is 0. The van der Waals surface area contributed by atoms with E-state index in [-0.39, 0.29) is 18.6 Å². The summed E-state index contributed by atoms with van der Waals surface area (Å²) in [6.45, 7) is 7.22. The SMILES string of the molecule is C[C@H](NC(CCCCNC(=O)OC(C)(C)C)C(=O)O)C(=O)C1NC(C(=O)O)Cc2ccccc21. The molecule has 1 aromatic carbocycles. The number of hydrogen-bond donors (Lipinski definition) is 5. The molecule has 0 aromatic heterocycles. The van der Waals surface area contributed by atoms with E-state index in [0.717, 1.165) is 5.56 Å². The molecule has 0 saturated carbocycles. The second-order valence-electron chi connectivity index (χ2n) is 9.50. The van der Waals surface area contributed by atoms with E-state index in [2.05, 4.69) is 16.0 Å². The fourth-order valence-electron chi connectivity index (χ4n) is 3.86. The average molecular weight is 478 g/mol. The largest absolute Gasteiger partial charge is 0.480 e. The summed E-state index contributed by atoms with van der Waals surface area (Å²) in [6.07, 6.45) is 1.05. The maximum atomic E-state index is 13.2. The molecule has 5 N–H and O–H groups in total. The fraction of sp³-hybridized carbons (Fsp3) is 0.583. The van der Waals surface area contributed by atoms with E-state index in [1.54, 1.807) is 52.0 Å². The number of alkyl carbamates (subject to hydrolysis) is 1. The van der Waals surface area contributed by atoms with Crippen LogP contribution in [0.25, 0.3) is 0 Å². The van der Waals surface area contributed by atoms with Gasteiger partial charge in [0.25, 0.3) is 0 Å². The van der Waals surface area contributed by atoms with E-state index >= 15 is 0 Å². The number of benzene rings is 1. The number of ketones is 1. The molecule has 0 spiro atoms. The van der Waals surface area contributed by atoms with Crippen molar-refractivity contribution in [1.82, 2.24) is 16.0 Å². The number of ether oxygens (including phenoxy) is 1. The molecular weight excluding hydrogens is 442 g/mol. The number of carbonyl (C=O) groups excluding carboxylic acids is 2. The minimum Gasteiger partial charge on any atom is -0.480 e. The van der Waals surface area contributed by atoms with E-state index in [1.165, 1.54) is 0 Å². The predicted octanol–water partition coefficient (Wildman–Crippen LogP) is 2.02. The Balaban J connectivity index is 1.92. The van der Waals surface area contributed by atoms with Crippen molar-refractivity contribution in [2.24, 2.45) is 0 Å². The monoisotopic (exact) mass is 477 g/mol. The molecule has 1 heterocycles. The van der Waals surface area contributed by atoms with Crippen LogP contribution in [0.3, 0.4) is 0 Å². The molecule has 3 unspecified atom stereocenters. The van der Waals surface area contributed by atoms with Gasteiger partial charge in [0.2, 0.25) is 0 Å². The van der Waals surface area contributed by atoms with Crippen molar-refractivity contribution in [2.75, 3.05) is 6.54 Å². The minimum atomic E-state index is -1.08. The zero-order valence-corrected chi connectivity index (χ0v) is 20.1. The lowest BCUT2D eigenvalue weighted by molar-refractivity contribution is -0.140. The normalized spacial score (nSPS) is 19.4. The van der Waals surface area contributed by atoms with Crippen molar-refractivity contribution in [3.63, 3.8) is 0 Å². The summed E-state index contributed by atoms with van der Waals surface area (Å²) < 4.78 is 5.15. The van der Waals surface area contributed by atoms with E-state index in [4.69, 9.17) is 4.74 Å². The molecule has 34 heavy (non-hydrogen) atoms. The first-order valence-corrected chi connectivity index (χ1v) is 11.4. The molecule has 1 aromatic rings. The highest BCUT2D eigenvalue weighted by molar-refractivity contribution is 5.92. The smallest absolute Gasteiger partial charge is 0.407 e. The second kappa shape index (κ2) is 11.9. The van der Waals surface area contributed by atoms with Gasteiger partial charge in [0.1, 0.15) is 17.7 Å². The van der Waals surface area contributed by atoms with Crippen molar-refractivity contribution >= 4 is 23.8 Å². The molecule has 0 saturated heterocycles. The molecule has 10 heteroatoms. The summed E-state index contributed by atoms with van der Waals surface area (Å²) in [6, 6.07) is 3.63. The Bertz CT molecular complexity index is 897. The van der Waals surface area contributed by atoms with Crippen LogP contribution in [0.15, 0.2) is 24.3 Å². The summed E-state index contributed by atoms with van der Waals surface area (Å²) in [5, 5.41) is 27.4. The summed E-state index contributed by atoms with van der Waals surface area (Å²) in [5.74, 6) is -2.45. The first-order chi connectivity index (χ1) is 15.9. The zero-order chi connectivity index (χ0) is 25.5. The van der Waals surface area contributed by atoms with Gasteiger partial charge in [0.15, 0.2) is 5.78 Å². The molecule has 1 aliphatic heterocycles. The van der Waals surface area contributed by atoms with Gasteiger partial charge < -0.3 is 20.3 Å². The topological polar surface area (TPSA) is 154 Å². The van der Waals surface area contributed by atoms with Crippen molar-refractivity contribution in [3.8, 4) is 0 Å². The number of rotatable bonds is 11. The van der Waals surface area contributed by atoms with Gasteiger partial charge in [-0.25, -0.2) is 4.79 Å². The van der Waals surface area contributed by atoms with Crippen LogP contribution in [0.1, 0.15) is 64.1 Å². The molecular formula is C24H35N3O7. The number of fused-ring (bicyclic) bond motifs is 1. The fourth-order valence-corrected chi connectivity index (χ4v) is 3.86. The summed E-state index contributed by atoms with van der Waals surface area (Å²) in [5.41, 5.74) is 0.897. The Morgan fingerprint density at radius 1 is 1.15 bits per heavy atom. The summed E-state index contributed by atoms with van der Waals surface area (Å²) in [4.78, 5) is 48.1. The average Bonchev–Trinajstić information content (AvgIpc) is 2.75. The molecule has 0 radical (unpaired) electrons. The Morgan fingerprint density at radius 3 is 2.44 bits per heavy atom. The van der Waals surface area contributed by atoms with Gasteiger partial charge in [-0.05, 0) is 64.5 Å². The Labute approximate surface area is 199 Å². The van der Waals surface area contributed by atoms with Crippen LogP contribution in [0.4, 0.5) is 4.79 Å². The highest BCUT2D eigenvalue weighted by atomic mass is 16.6. The third-order valence-electron chi connectivity index (χ3n) is 5.50. The third kappa shape index (κ3) is 8.11. The molecule has 1 aliphatic rings. The van der Waals surface area contributed by atoms with Crippen LogP contribution in [-0.4, -0.2) is 64.3 Å². The second-order valence-corrected chi connectivity index (χ2v) is 9.50. The van der Waals surface area contributed by atoms with Gasteiger partial charge in [0, 0.05) is 6.54 Å². The first kappa shape index (κ1) is 27.3. The lowest BCUT2D eigenvalue weighted by atomic mass is 9.86. The number of amides is 1. The van der Waals surface area contributed by atoms with Crippen molar-refractivity contribution in [3.05, 3.63) is 35.4 Å². The lowest BCUT2D eigenvalue weighted by Crippen LogP contribution is -2.53. The highest BCUT2D eigenvalue weighted by Crippen LogP contribution is 2.27. The molecule has 2 rings (SSSR count). The number of carboxylic acid groups (broad SMARTS) is 2. The molecule has 0 aliphatic carbocycles. The van der Waals surface area contributed by atoms with E-state index in [0.29, 0.717) is 24.9 Å². The van der Waals surface area contributed by atoms with Crippen molar-refractivity contribution in [2.45, 2.75) is 83.1 Å². The molecule has 0 bridgehead atoms. The first-order valence-electron chi connectivity index (χ1n) is 11.4. The van der Waals surface area contributed by atoms with Gasteiger partial charge in [-0.15, -0.1) is 0 Å². The van der Waals surface area contributed by atoms with E-state index in [1.807, 2.05) is 0 Å². The van der Waals surface area contributed by atoms with Crippen molar-refractivity contribution < 1.29 is 34.1 Å². The predicted molar refractivity (Wildman–Crippen MR) is 125 cm³/mol. The van der Waals surface area contributed by atoms with Crippen LogP contribution in [-0.2, 0) is 25.5 Å². The van der Waals surface area contributed by atoms with Gasteiger partial charge in [0.05, 0.1) is 12.1 Å². The molecule has 4 atom stereocenters. The van der Waals surface area contributed by atoms with Crippen LogP contribution in [0.5, 0.6) is 0 Å². The number of carbonyl (C=O) groups is 4. The Morgan fingerprint density at radius 2 is 1.82 bits per heavy atom. The summed E-state index contributed by atoms with van der Waals surface area (Å²) >= 11 is 0. The Kier molecular flexibility index (Phi) is 9.57. The van der Waals surface area contributed by atoms with Crippen LogP contribution < -0.4 is 16.0 Å². The number of Topliss-reactive ketones (excluding diaryl/α,β-unsaturated/α-hetero) is 1. The van der Waals surface area contributed by atoms with Gasteiger partial charge in [-0.2, -0.15) is 0 Å². The lowest BCUT2D eigenvalue weighted by Gasteiger charge is -2.32. The molecule has 1 amide bonds. The third-order valence-corrected chi connectivity index (χ3v) is 5.50.